The number of nitrogens with one attached hydrogen (secondary N) is 1. The summed E-state index contributed by atoms with van der Waals surface area (Å²) in [4.78, 5) is 21.8. The molecule has 2 rings (SSSR count). The van der Waals surface area contributed by atoms with Crippen molar-refractivity contribution in [1.29, 1.82) is 0 Å². The summed E-state index contributed by atoms with van der Waals surface area (Å²) in [5.41, 5.74) is 3.24. The molecule has 1 aromatic heterocycles. The van der Waals surface area contributed by atoms with Gasteiger partial charge in [-0.2, -0.15) is 0 Å². The minimum Gasteiger partial charge on any atom is -0.378 e. The molecule has 1 aromatic carbocycles. The van der Waals surface area contributed by atoms with Gasteiger partial charge in [0.25, 0.3) is 5.56 Å². The molecule has 0 unspecified atom stereocenters. The topological polar surface area (TPSA) is 49.0 Å². The van der Waals surface area contributed by atoms with Crippen molar-refractivity contribution in [1.82, 2.24) is 9.97 Å². The molecule has 21 heavy (non-hydrogen) atoms. The molecule has 0 aliphatic heterocycles. The zero-order valence-electron chi connectivity index (χ0n) is 13.6. The Morgan fingerprint density at radius 2 is 1.67 bits per heavy atom. The zero-order valence-corrected chi connectivity index (χ0v) is 13.6. The Kier molecular flexibility index (Phi) is 3.90. The lowest BCUT2D eigenvalue weighted by molar-refractivity contribution is 0.542. The second kappa shape index (κ2) is 5.35. The molecule has 112 valence electrons. The highest BCUT2D eigenvalue weighted by molar-refractivity contribution is 5.65. The van der Waals surface area contributed by atoms with Crippen LogP contribution in [0, 0.1) is 6.92 Å². The summed E-state index contributed by atoms with van der Waals surface area (Å²) in [6, 6.07) is 8.09. The highest BCUT2D eigenvalue weighted by Crippen LogP contribution is 2.25. The first kappa shape index (κ1) is 15.3. The summed E-state index contributed by atoms with van der Waals surface area (Å²) >= 11 is 0. The van der Waals surface area contributed by atoms with Crippen LogP contribution in [0.15, 0.2) is 29.1 Å². The Morgan fingerprint density at radius 1 is 1.10 bits per heavy atom. The van der Waals surface area contributed by atoms with Gasteiger partial charge in [-0.3, -0.25) is 4.79 Å². The van der Waals surface area contributed by atoms with Gasteiger partial charge in [0.1, 0.15) is 5.82 Å². The molecule has 0 saturated heterocycles. The van der Waals surface area contributed by atoms with Crippen LogP contribution in [0.25, 0.3) is 11.3 Å². The first-order valence-electron chi connectivity index (χ1n) is 7.09. The maximum atomic E-state index is 12.2. The summed E-state index contributed by atoms with van der Waals surface area (Å²) in [6.07, 6.45) is 0. The quantitative estimate of drug-likeness (QED) is 0.922. The molecule has 4 nitrogen and oxygen atoms in total. The number of H-pyrrole nitrogens is 1. The third-order valence-electron chi connectivity index (χ3n) is 3.52. The average molecular weight is 285 g/mol. The van der Waals surface area contributed by atoms with Gasteiger partial charge < -0.3 is 9.88 Å². The number of hydrogen-bond donors (Lipinski definition) is 1. The van der Waals surface area contributed by atoms with Crippen LogP contribution < -0.4 is 10.5 Å². The van der Waals surface area contributed by atoms with Crippen LogP contribution in [0.4, 0.5) is 5.69 Å². The monoisotopic (exact) mass is 285 g/mol. The van der Waals surface area contributed by atoms with E-state index in [-0.39, 0.29) is 11.0 Å². The standard InChI is InChI=1S/C17H23N3O/c1-11-14(12-7-9-13(10-8-12)20(5)6)18-16(17(2,3)4)19-15(11)21/h7-10H,1-6H3,(H,18,19,21). The summed E-state index contributed by atoms with van der Waals surface area (Å²) in [6.45, 7) is 7.94. The molecular formula is C17H23N3O. The van der Waals surface area contributed by atoms with Gasteiger partial charge in [0, 0.05) is 36.3 Å². The first-order chi connectivity index (χ1) is 9.70. The lowest BCUT2D eigenvalue weighted by Gasteiger charge is -2.19. The molecule has 0 aliphatic rings. The van der Waals surface area contributed by atoms with Crippen LogP contribution >= 0.6 is 0 Å². The number of aromatic nitrogens is 2. The molecule has 0 amide bonds. The third-order valence-corrected chi connectivity index (χ3v) is 3.52. The first-order valence-corrected chi connectivity index (χ1v) is 7.09. The Labute approximate surface area is 125 Å². The molecule has 2 aromatic rings. The molecule has 1 N–H and O–H groups in total. The minimum atomic E-state index is -0.189. The summed E-state index contributed by atoms with van der Waals surface area (Å²) in [5.74, 6) is 0.713. The molecule has 0 saturated carbocycles. The fraction of sp³-hybridized carbons (Fsp3) is 0.412. The van der Waals surface area contributed by atoms with Crippen LogP contribution in [0.5, 0.6) is 0 Å². The smallest absolute Gasteiger partial charge is 0.254 e. The Hall–Kier alpha value is -2.10. The number of rotatable bonds is 2. The maximum Gasteiger partial charge on any atom is 0.254 e. The van der Waals surface area contributed by atoms with Gasteiger partial charge in [-0.05, 0) is 19.1 Å². The van der Waals surface area contributed by atoms with Crippen LogP contribution in [-0.2, 0) is 5.41 Å². The third kappa shape index (κ3) is 3.15. The highest BCUT2D eigenvalue weighted by atomic mass is 16.1. The van der Waals surface area contributed by atoms with Crippen LogP contribution in [0.3, 0.4) is 0 Å². The summed E-state index contributed by atoms with van der Waals surface area (Å²) < 4.78 is 0. The number of benzene rings is 1. The number of hydrogen-bond acceptors (Lipinski definition) is 3. The van der Waals surface area contributed by atoms with Gasteiger partial charge in [0.05, 0.1) is 5.69 Å². The molecule has 0 atom stereocenters. The predicted molar refractivity (Wildman–Crippen MR) is 88.1 cm³/mol. The van der Waals surface area contributed by atoms with E-state index in [1.54, 1.807) is 0 Å². The van der Waals surface area contributed by atoms with Crippen LogP contribution in [-0.4, -0.2) is 24.1 Å². The molecular weight excluding hydrogens is 262 g/mol. The van der Waals surface area contributed by atoms with Gasteiger partial charge in [0.15, 0.2) is 0 Å². The molecule has 0 bridgehead atoms. The normalized spacial score (nSPS) is 11.5. The van der Waals surface area contributed by atoms with Crippen molar-refractivity contribution in [3.05, 3.63) is 46.0 Å². The number of anilines is 1. The van der Waals surface area contributed by atoms with Crippen molar-refractivity contribution in [3.8, 4) is 11.3 Å². The van der Waals surface area contributed by atoms with Gasteiger partial charge in [-0.25, -0.2) is 4.98 Å². The average Bonchev–Trinajstić information content (AvgIpc) is 2.40. The zero-order chi connectivity index (χ0) is 15.8. The lowest BCUT2D eigenvalue weighted by Crippen LogP contribution is -2.24. The van der Waals surface area contributed by atoms with Gasteiger partial charge in [0.2, 0.25) is 0 Å². The van der Waals surface area contributed by atoms with Gasteiger partial charge >= 0.3 is 0 Å². The van der Waals surface area contributed by atoms with Crippen molar-refractivity contribution in [2.45, 2.75) is 33.1 Å². The second-order valence-electron chi connectivity index (χ2n) is 6.58. The summed E-state index contributed by atoms with van der Waals surface area (Å²) in [7, 11) is 4.01. The van der Waals surface area contributed by atoms with Crippen LogP contribution in [0.2, 0.25) is 0 Å². The van der Waals surface area contributed by atoms with Crippen molar-refractivity contribution in [2.75, 3.05) is 19.0 Å². The number of aromatic amines is 1. The Bertz CT molecular complexity index is 691. The lowest BCUT2D eigenvalue weighted by atomic mass is 9.95. The van der Waals surface area contributed by atoms with E-state index < -0.39 is 0 Å². The van der Waals surface area contributed by atoms with Crippen LogP contribution in [0.1, 0.15) is 32.2 Å². The Morgan fingerprint density at radius 3 is 2.14 bits per heavy atom. The molecule has 4 heteroatoms. The highest BCUT2D eigenvalue weighted by Gasteiger charge is 2.19. The predicted octanol–water partition coefficient (Wildman–Crippen LogP) is 3.11. The van der Waals surface area contributed by atoms with E-state index in [0.29, 0.717) is 11.4 Å². The van der Waals surface area contributed by atoms with Crippen molar-refractivity contribution >= 4 is 5.69 Å². The molecule has 1 heterocycles. The van der Waals surface area contributed by atoms with Gasteiger partial charge in [-0.1, -0.05) is 32.9 Å². The van der Waals surface area contributed by atoms with Gasteiger partial charge in [-0.15, -0.1) is 0 Å². The fourth-order valence-corrected chi connectivity index (χ4v) is 2.09. The van der Waals surface area contributed by atoms with Crippen molar-refractivity contribution in [2.24, 2.45) is 0 Å². The van der Waals surface area contributed by atoms with E-state index in [1.165, 1.54) is 0 Å². The SMILES string of the molecule is Cc1c(-c2ccc(N(C)C)cc2)nc(C(C)(C)C)[nH]c1=O. The second-order valence-corrected chi connectivity index (χ2v) is 6.58. The minimum absolute atomic E-state index is 0.0680. The van der Waals surface area contributed by atoms with E-state index >= 15 is 0 Å². The Balaban J connectivity index is 2.57. The number of nitrogens with zero attached hydrogens (tertiary/aromatic N) is 2. The van der Waals surface area contributed by atoms with Crippen molar-refractivity contribution in [3.63, 3.8) is 0 Å². The van der Waals surface area contributed by atoms with E-state index in [4.69, 9.17) is 0 Å². The van der Waals surface area contributed by atoms with E-state index in [9.17, 15) is 4.79 Å². The van der Waals surface area contributed by atoms with E-state index in [1.807, 2.05) is 71.0 Å². The van der Waals surface area contributed by atoms with E-state index in [2.05, 4.69) is 9.97 Å². The fourth-order valence-electron chi connectivity index (χ4n) is 2.09. The molecule has 0 aliphatic carbocycles. The molecule has 0 spiro atoms. The molecule has 0 fully saturated rings. The van der Waals surface area contributed by atoms with E-state index in [0.717, 1.165) is 16.9 Å². The summed E-state index contributed by atoms with van der Waals surface area (Å²) in [5, 5.41) is 0. The maximum absolute atomic E-state index is 12.2. The molecule has 0 radical (unpaired) electrons. The largest absolute Gasteiger partial charge is 0.378 e. The van der Waals surface area contributed by atoms with Crippen molar-refractivity contribution < 1.29 is 0 Å².